The second kappa shape index (κ2) is 6.81. The van der Waals surface area contributed by atoms with Crippen molar-refractivity contribution in [2.75, 3.05) is 36.5 Å². The number of carbonyl (C=O) groups excluding carboxylic acids is 1. The van der Waals surface area contributed by atoms with Crippen LogP contribution in [0, 0.1) is 17.2 Å². The van der Waals surface area contributed by atoms with E-state index in [0.717, 1.165) is 25.9 Å². The highest BCUT2D eigenvalue weighted by molar-refractivity contribution is 5.98. The molecule has 148 valence electrons. The number of fused-ring (bicyclic) bond motifs is 2. The average molecular weight is 393 g/mol. The lowest BCUT2D eigenvalue weighted by atomic mass is 9.79. The average Bonchev–Trinajstić information content (AvgIpc) is 3.27. The van der Waals surface area contributed by atoms with Crippen LogP contribution in [0.25, 0.3) is 0 Å². The summed E-state index contributed by atoms with van der Waals surface area (Å²) in [5.41, 5.74) is 0.575. The molecule has 1 fully saturated rings. The van der Waals surface area contributed by atoms with E-state index in [2.05, 4.69) is 15.3 Å². The lowest BCUT2D eigenvalue weighted by Gasteiger charge is -2.30. The number of nitriles is 1. The third kappa shape index (κ3) is 2.88. The Morgan fingerprint density at radius 2 is 1.90 bits per heavy atom. The van der Waals surface area contributed by atoms with E-state index in [-0.39, 0.29) is 16.9 Å². The van der Waals surface area contributed by atoms with E-state index < -0.39 is 17.7 Å². The van der Waals surface area contributed by atoms with Crippen LogP contribution in [0.2, 0.25) is 0 Å². The van der Waals surface area contributed by atoms with Gasteiger partial charge in [-0.05, 0) is 30.5 Å². The van der Waals surface area contributed by atoms with Crippen molar-refractivity contribution in [3.05, 3.63) is 39.7 Å². The molecule has 0 spiro atoms. The number of hydrogen-bond acceptors (Lipinski definition) is 7. The minimum atomic E-state index is -1.05. The van der Waals surface area contributed by atoms with Crippen LogP contribution in [-0.4, -0.2) is 42.2 Å². The molecule has 4 heterocycles. The quantitative estimate of drug-likeness (QED) is 0.790. The van der Waals surface area contributed by atoms with Crippen LogP contribution in [0.3, 0.4) is 0 Å². The fourth-order valence-electron chi connectivity index (χ4n) is 4.19. The largest absolute Gasteiger partial charge is 0.486 e. The number of rotatable bonds is 2. The molecular weight excluding hydrogens is 374 g/mol. The number of aromatic amines is 1. The second-order valence-electron chi connectivity index (χ2n) is 7.32. The minimum Gasteiger partial charge on any atom is -0.486 e. The summed E-state index contributed by atoms with van der Waals surface area (Å²) in [6.45, 7) is 2.50. The van der Waals surface area contributed by atoms with Crippen molar-refractivity contribution in [2.24, 2.45) is 5.92 Å². The van der Waals surface area contributed by atoms with Gasteiger partial charge in [0.1, 0.15) is 24.9 Å². The number of H-pyrrole nitrogens is 1. The van der Waals surface area contributed by atoms with Gasteiger partial charge in [0.2, 0.25) is 11.9 Å². The van der Waals surface area contributed by atoms with Gasteiger partial charge in [0.25, 0.3) is 5.56 Å². The summed E-state index contributed by atoms with van der Waals surface area (Å²) in [7, 11) is 0. The molecule has 2 N–H and O–H groups in total. The fourth-order valence-corrected chi connectivity index (χ4v) is 4.19. The smallest absolute Gasteiger partial charge is 0.258 e. The van der Waals surface area contributed by atoms with Crippen molar-refractivity contribution >= 4 is 17.7 Å². The molecule has 0 radical (unpaired) electrons. The van der Waals surface area contributed by atoms with E-state index in [0.29, 0.717) is 36.2 Å². The first-order chi connectivity index (χ1) is 14.2. The highest BCUT2D eigenvalue weighted by Crippen LogP contribution is 2.41. The Hall–Kier alpha value is -3.54. The fraction of sp³-hybridized carbons (Fsp3) is 0.400. The van der Waals surface area contributed by atoms with Crippen LogP contribution < -0.4 is 25.2 Å². The Balaban J connectivity index is 1.64. The number of carbonyl (C=O) groups is 1. The van der Waals surface area contributed by atoms with Crippen molar-refractivity contribution in [3.8, 4) is 17.6 Å². The first-order valence-electron chi connectivity index (χ1n) is 9.65. The molecule has 29 heavy (non-hydrogen) atoms. The minimum absolute atomic E-state index is 0.215. The van der Waals surface area contributed by atoms with Gasteiger partial charge < -0.3 is 19.7 Å². The standard InChI is InChI=1S/C20H19N5O4/c21-10-12-15(11-3-4-13-14(9-11)29-8-7-28-13)16-17(22-18(12)26)23-20(24-19(16)27)25-5-1-2-6-25/h3-4,9,12,15H,1-2,5-8H2,(H2,22,23,24,26,27). The van der Waals surface area contributed by atoms with Gasteiger partial charge >= 0.3 is 0 Å². The third-order valence-corrected chi connectivity index (χ3v) is 5.58. The van der Waals surface area contributed by atoms with E-state index in [1.807, 2.05) is 11.0 Å². The molecule has 1 saturated heterocycles. The van der Waals surface area contributed by atoms with Crippen molar-refractivity contribution in [2.45, 2.75) is 18.8 Å². The van der Waals surface area contributed by atoms with E-state index in [9.17, 15) is 14.9 Å². The predicted octanol–water partition coefficient (Wildman–Crippen LogP) is 1.37. The Bertz CT molecular complexity index is 1080. The van der Waals surface area contributed by atoms with Crippen LogP contribution >= 0.6 is 0 Å². The summed E-state index contributed by atoms with van der Waals surface area (Å²) < 4.78 is 11.2. The summed E-state index contributed by atoms with van der Waals surface area (Å²) in [5.74, 6) is -0.462. The molecule has 1 aromatic carbocycles. The number of benzene rings is 1. The van der Waals surface area contributed by atoms with Crippen LogP contribution in [-0.2, 0) is 4.79 Å². The van der Waals surface area contributed by atoms with E-state index >= 15 is 0 Å². The number of ether oxygens (including phenoxy) is 2. The van der Waals surface area contributed by atoms with Gasteiger partial charge in [0.05, 0.1) is 11.6 Å². The summed E-state index contributed by atoms with van der Waals surface area (Å²) >= 11 is 0. The summed E-state index contributed by atoms with van der Waals surface area (Å²) in [6, 6.07) is 7.28. The zero-order valence-corrected chi connectivity index (χ0v) is 15.6. The lowest BCUT2D eigenvalue weighted by molar-refractivity contribution is -0.119. The molecule has 9 nitrogen and oxygen atoms in total. The predicted molar refractivity (Wildman–Crippen MR) is 103 cm³/mol. The SMILES string of the molecule is N#CC1C(=O)Nc2nc(N3CCCC3)[nH]c(=O)c2C1c1ccc2c(c1)OCCO2. The van der Waals surface area contributed by atoms with Gasteiger partial charge in [-0.1, -0.05) is 6.07 Å². The maximum atomic E-state index is 13.0. The van der Waals surface area contributed by atoms with Crippen molar-refractivity contribution < 1.29 is 14.3 Å². The molecule has 0 saturated carbocycles. The highest BCUT2D eigenvalue weighted by Gasteiger charge is 2.41. The van der Waals surface area contributed by atoms with Gasteiger partial charge in [-0.25, -0.2) is 0 Å². The van der Waals surface area contributed by atoms with E-state index in [1.165, 1.54) is 0 Å². The first kappa shape index (κ1) is 17.6. The molecule has 2 atom stereocenters. The van der Waals surface area contributed by atoms with E-state index in [1.54, 1.807) is 18.2 Å². The van der Waals surface area contributed by atoms with E-state index in [4.69, 9.17) is 9.47 Å². The van der Waals surface area contributed by atoms with Gasteiger partial charge in [0.15, 0.2) is 11.5 Å². The number of anilines is 2. The molecule has 1 aromatic heterocycles. The number of hydrogen-bond donors (Lipinski definition) is 2. The Labute approximate surface area is 166 Å². The molecule has 9 heteroatoms. The molecule has 0 bridgehead atoms. The number of aromatic nitrogens is 2. The molecule has 3 aliphatic rings. The molecule has 2 aromatic rings. The van der Waals surface area contributed by atoms with Crippen LogP contribution in [0.4, 0.5) is 11.8 Å². The maximum absolute atomic E-state index is 13.0. The zero-order chi connectivity index (χ0) is 20.0. The van der Waals surface area contributed by atoms with Gasteiger partial charge in [-0.2, -0.15) is 10.2 Å². The van der Waals surface area contributed by atoms with Gasteiger partial charge in [0, 0.05) is 19.0 Å². The highest BCUT2D eigenvalue weighted by atomic mass is 16.6. The summed E-state index contributed by atoms with van der Waals surface area (Å²) in [5, 5.41) is 12.3. The molecule has 3 aliphatic heterocycles. The topological polar surface area (TPSA) is 120 Å². The Morgan fingerprint density at radius 1 is 1.14 bits per heavy atom. The summed E-state index contributed by atoms with van der Waals surface area (Å²) in [6.07, 6.45) is 2.06. The van der Waals surface area contributed by atoms with Crippen LogP contribution in [0.1, 0.15) is 29.9 Å². The first-order valence-corrected chi connectivity index (χ1v) is 9.65. The molecule has 1 amide bonds. The van der Waals surface area contributed by atoms with Crippen LogP contribution in [0.5, 0.6) is 11.5 Å². The monoisotopic (exact) mass is 393 g/mol. The van der Waals surface area contributed by atoms with Crippen molar-refractivity contribution in [1.82, 2.24) is 9.97 Å². The maximum Gasteiger partial charge on any atom is 0.258 e. The number of amides is 1. The zero-order valence-electron chi connectivity index (χ0n) is 15.6. The molecule has 0 aliphatic carbocycles. The number of nitrogens with zero attached hydrogens (tertiary/aromatic N) is 3. The van der Waals surface area contributed by atoms with Crippen molar-refractivity contribution in [1.29, 1.82) is 5.26 Å². The normalized spacial score (nSPS) is 22.6. The second-order valence-corrected chi connectivity index (χ2v) is 7.32. The lowest BCUT2D eigenvalue weighted by Crippen LogP contribution is -2.39. The molecular formula is C20H19N5O4. The van der Waals surface area contributed by atoms with Crippen molar-refractivity contribution in [3.63, 3.8) is 0 Å². The Kier molecular flexibility index (Phi) is 4.12. The third-order valence-electron chi connectivity index (χ3n) is 5.58. The summed E-state index contributed by atoms with van der Waals surface area (Å²) in [4.78, 5) is 35.0. The Morgan fingerprint density at radius 3 is 2.66 bits per heavy atom. The number of nitrogens with one attached hydrogen (secondary N) is 2. The molecule has 5 rings (SSSR count). The van der Waals surface area contributed by atoms with Crippen LogP contribution in [0.15, 0.2) is 23.0 Å². The molecule has 2 unspecified atom stereocenters. The van der Waals surface area contributed by atoms with Gasteiger partial charge in [-0.15, -0.1) is 0 Å². The van der Waals surface area contributed by atoms with Gasteiger partial charge in [-0.3, -0.25) is 14.6 Å².